The van der Waals surface area contributed by atoms with E-state index in [9.17, 15) is 9.90 Å². The first-order valence-electron chi connectivity index (χ1n) is 12.2. The van der Waals surface area contributed by atoms with E-state index in [0.717, 1.165) is 37.8 Å². The molecule has 1 aromatic rings. The van der Waals surface area contributed by atoms with E-state index < -0.39 is 5.60 Å². The lowest BCUT2D eigenvalue weighted by Crippen LogP contribution is -2.52. The molecule has 0 heterocycles. The molecule has 3 nitrogen and oxygen atoms in total. The number of hydrogen-bond acceptors (Lipinski definition) is 3. The van der Waals surface area contributed by atoms with E-state index in [1.54, 1.807) is 5.57 Å². The van der Waals surface area contributed by atoms with Gasteiger partial charge in [0.05, 0.1) is 0 Å². The van der Waals surface area contributed by atoms with Crippen molar-refractivity contribution < 1.29 is 9.90 Å². The molecule has 0 amide bonds. The number of nitrogens with one attached hydrogen (secondary N) is 1. The minimum absolute atomic E-state index is 0.159. The Balaban J connectivity index is 1.70. The number of ketones is 1. The third-order valence-corrected chi connectivity index (χ3v) is 9.23. The fraction of sp³-hybridized carbons (Fsp3) is 0.552. The highest BCUT2D eigenvalue weighted by Crippen LogP contribution is 2.67. The molecule has 32 heavy (non-hydrogen) atoms. The maximum Gasteiger partial charge on any atom is 0.156 e. The largest absolute Gasteiger partial charge is 0.388 e. The number of benzene rings is 1. The van der Waals surface area contributed by atoms with Gasteiger partial charge < -0.3 is 10.4 Å². The summed E-state index contributed by atoms with van der Waals surface area (Å²) in [6.07, 6.45) is 7.41. The lowest BCUT2D eigenvalue weighted by Gasteiger charge is -2.54. The van der Waals surface area contributed by atoms with Crippen molar-refractivity contribution in [2.24, 2.45) is 23.2 Å². The first-order valence-corrected chi connectivity index (χ1v) is 12.2. The number of aliphatic hydroxyl groups is 1. The SMILES string of the molecule is CC#C[C@@]1(O)C(C)C[C@H]2[C@@H]3CCC4=CC(=O)CCC4=C3[C@@H](c3ccc(NC)cc3)C[C@@]21C. The van der Waals surface area contributed by atoms with Gasteiger partial charge in [0.1, 0.15) is 5.60 Å². The number of hydrogen-bond donors (Lipinski definition) is 2. The molecule has 2 fully saturated rings. The molecule has 0 radical (unpaired) electrons. The minimum atomic E-state index is -0.954. The van der Waals surface area contributed by atoms with Crippen LogP contribution in [0.1, 0.15) is 70.8 Å². The van der Waals surface area contributed by atoms with Crippen LogP contribution in [0.2, 0.25) is 0 Å². The molecule has 168 valence electrons. The first kappa shape index (κ1) is 21.5. The van der Waals surface area contributed by atoms with E-state index in [2.05, 4.69) is 55.3 Å². The minimum Gasteiger partial charge on any atom is -0.388 e. The van der Waals surface area contributed by atoms with Gasteiger partial charge in [-0.05, 0) is 91.7 Å². The Morgan fingerprint density at radius 3 is 2.59 bits per heavy atom. The Morgan fingerprint density at radius 1 is 1.16 bits per heavy atom. The van der Waals surface area contributed by atoms with Crippen LogP contribution in [0.4, 0.5) is 5.69 Å². The number of fused-ring (bicyclic) bond motifs is 4. The Bertz CT molecular complexity index is 1070. The standard InChI is InChI=1S/C29H35NO2/c1-5-14-29(32)18(2)15-26-24-12-8-20-16-22(31)11-13-23(20)27(24)25(17-28(26,29)3)19-6-9-21(30-4)10-7-19/h6-7,9-10,16,18,24-26,30,32H,8,11-13,15,17H2,1-4H3/t18?,24-,25+,26-,28-,29+/m0/s1. The zero-order valence-electron chi connectivity index (χ0n) is 19.8. The van der Waals surface area contributed by atoms with Crippen LogP contribution in [0.25, 0.3) is 0 Å². The van der Waals surface area contributed by atoms with Crippen LogP contribution in [0, 0.1) is 35.0 Å². The summed E-state index contributed by atoms with van der Waals surface area (Å²) in [4.78, 5) is 12.2. The van der Waals surface area contributed by atoms with Gasteiger partial charge in [0, 0.05) is 30.5 Å². The van der Waals surface area contributed by atoms with Crippen molar-refractivity contribution in [1.82, 2.24) is 0 Å². The first-order chi connectivity index (χ1) is 15.3. The molecule has 2 saturated carbocycles. The predicted octanol–water partition coefficient (Wildman–Crippen LogP) is 5.63. The molecule has 6 atom stereocenters. The van der Waals surface area contributed by atoms with E-state index in [-0.39, 0.29) is 23.0 Å². The second-order valence-corrected chi connectivity index (χ2v) is 10.6. The molecule has 0 aromatic heterocycles. The van der Waals surface area contributed by atoms with Gasteiger partial charge in [0.25, 0.3) is 0 Å². The molecule has 0 bridgehead atoms. The summed E-state index contributed by atoms with van der Waals surface area (Å²) in [6.45, 7) is 6.34. The predicted molar refractivity (Wildman–Crippen MR) is 129 cm³/mol. The fourth-order valence-electron chi connectivity index (χ4n) is 7.63. The topological polar surface area (TPSA) is 49.3 Å². The van der Waals surface area contributed by atoms with Crippen LogP contribution in [0.5, 0.6) is 0 Å². The lowest BCUT2D eigenvalue weighted by atomic mass is 9.51. The van der Waals surface area contributed by atoms with Crippen LogP contribution >= 0.6 is 0 Å². The van der Waals surface area contributed by atoms with Crippen LogP contribution in [-0.2, 0) is 4.79 Å². The molecule has 1 unspecified atom stereocenters. The van der Waals surface area contributed by atoms with Crippen LogP contribution in [0.3, 0.4) is 0 Å². The van der Waals surface area contributed by atoms with Gasteiger partial charge in [0.2, 0.25) is 0 Å². The van der Waals surface area contributed by atoms with Crippen LogP contribution in [0.15, 0.2) is 47.1 Å². The number of allylic oxidation sites excluding steroid dienone is 4. The lowest BCUT2D eigenvalue weighted by molar-refractivity contribution is -0.114. The van der Waals surface area contributed by atoms with Gasteiger partial charge in [-0.2, -0.15) is 0 Å². The van der Waals surface area contributed by atoms with Gasteiger partial charge in [-0.25, -0.2) is 0 Å². The molecule has 3 heteroatoms. The Labute approximate surface area is 192 Å². The maximum atomic E-state index is 12.2. The molecule has 5 rings (SSSR count). The Morgan fingerprint density at radius 2 is 1.91 bits per heavy atom. The highest BCUT2D eigenvalue weighted by atomic mass is 16.3. The number of carbonyl (C=O) groups is 1. The molecule has 0 saturated heterocycles. The summed E-state index contributed by atoms with van der Waals surface area (Å²) >= 11 is 0. The highest BCUT2D eigenvalue weighted by Gasteiger charge is 2.65. The van der Waals surface area contributed by atoms with Crippen LogP contribution < -0.4 is 5.32 Å². The monoisotopic (exact) mass is 429 g/mol. The molecule has 2 N–H and O–H groups in total. The summed E-state index contributed by atoms with van der Waals surface area (Å²) in [5, 5.41) is 15.2. The number of rotatable bonds is 2. The molecule has 4 aliphatic carbocycles. The van der Waals surface area contributed by atoms with E-state index in [0.29, 0.717) is 18.3 Å². The van der Waals surface area contributed by atoms with E-state index in [1.807, 2.05) is 20.0 Å². The summed E-state index contributed by atoms with van der Waals surface area (Å²) in [7, 11) is 1.95. The third kappa shape index (κ3) is 2.96. The van der Waals surface area contributed by atoms with Crippen molar-refractivity contribution in [3.8, 4) is 11.8 Å². The normalized spacial score (nSPS) is 38.2. The highest BCUT2D eigenvalue weighted by molar-refractivity contribution is 5.93. The molecule has 1 aromatic carbocycles. The van der Waals surface area contributed by atoms with Gasteiger partial charge in [-0.15, -0.1) is 5.92 Å². The van der Waals surface area contributed by atoms with Crippen molar-refractivity contribution in [3.63, 3.8) is 0 Å². The second-order valence-electron chi connectivity index (χ2n) is 10.6. The van der Waals surface area contributed by atoms with Crippen molar-refractivity contribution >= 4 is 11.5 Å². The Kier molecular flexibility index (Phi) is 5.13. The molecular weight excluding hydrogens is 394 g/mol. The van der Waals surface area contributed by atoms with Crippen molar-refractivity contribution in [2.45, 2.75) is 70.8 Å². The average molecular weight is 430 g/mol. The third-order valence-electron chi connectivity index (χ3n) is 9.23. The molecular formula is C29H35NO2. The number of anilines is 1. The molecule has 4 aliphatic rings. The van der Waals surface area contributed by atoms with Gasteiger partial charge in [-0.1, -0.05) is 37.5 Å². The summed E-state index contributed by atoms with van der Waals surface area (Å²) in [5.41, 5.74) is 5.53. The van der Waals surface area contributed by atoms with Gasteiger partial charge in [0.15, 0.2) is 5.78 Å². The summed E-state index contributed by atoms with van der Waals surface area (Å²) < 4.78 is 0. The molecule has 0 aliphatic heterocycles. The van der Waals surface area contributed by atoms with Gasteiger partial charge >= 0.3 is 0 Å². The van der Waals surface area contributed by atoms with Crippen molar-refractivity contribution in [1.29, 1.82) is 0 Å². The summed E-state index contributed by atoms with van der Waals surface area (Å²) in [6, 6.07) is 8.81. The fourth-order valence-corrected chi connectivity index (χ4v) is 7.63. The van der Waals surface area contributed by atoms with Crippen LogP contribution in [-0.4, -0.2) is 23.5 Å². The van der Waals surface area contributed by atoms with E-state index in [4.69, 9.17) is 0 Å². The zero-order valence-corrected chi connectivity index (χ0v) is 19.8. The smallest absolute Gasteiger partial charge is 0.156 e. The second kappa shape index (κ2) is 7.63. The summed E-state index contributed by atoms with van der Waals surface area (Å²) in [5.74, 6) is 7.93. The van der Waals surface area contributed by atoms with Gasteiger partial charge in [-0.3, -0.25) is 4.79 Å². The maximum absolute atomic E-state index is 12.2. The van der Waals surface area contributed by atoms with Crippen molar-refractivity contribution in [3.05, 3.63) is 52.6 Å². The zero-order chi connectivity index (χ0) is 22.7. The van der Waals surface area contributed by atoms with Crippen molar-refractivity contribution in [2.75, 3.05) is 12.4 Å². The van der Waals surface area contributed by atoms with E-state index >= 15 is 0 Å². The average Bonchev–Trinajstić information content (AvgIpc) is 2.99. The molecule has 0 spiro atoms. The quantitative estimate of drug-likeness (QED) is 0.599. The van der Waals surface area contributed by atoms with E-state index in [1.165, 1.54) is 16.7 Å². The number of carbonyl (C=O) groups excluding carboxylic acids is 1. The Hall–Kier alpha value is -2.31.